The Labute approximate surface area is 163 Å². The van der Waals surface area contributed by atoms with E-state index in [1.54, 1.807) is 13.2 Å². The molecular formula is C20H26N6O2. The number of aromatic nitrogens is 4. The molecule has 2 N–H and O–H groups in total. The van der Waals surface area contributed by atoms with Crippen LogP contribution in [0.15, 0.2) is 36.7 Å². The number of benzene rings is 1. The third kappa shape index (κ3) is 4.21. The summed E-state index contributed by atoms with van der Waals surface area (Å²) in [5.74, 6) is 1.01. The Balaban J connectivity index is 1.82. The molecule has 0 fully saturated rings. The molecule has 28 heavy (non-hydrogen) atoms. The van der Waals surface area contributed by atoms with Crippen molar-refractivity contribution >= 4 is 28.5 Å². The van der Waals surface area contributed by atoms with E-state index >= 15 is 0 Å². The normalized spacial score (nSPS) is 12.3. The molecule has 2 amide bonds. The van der Waals surface area contributed by atoms with Gasteiger partial charge in [-0.05, 0) is 25.0 Å². The Bertz CT molecular complexity index is 988. The predicted octanol–water partition coefficient (Wildman–Crippen LogP) is 2.38. The number of carbonyl (C=O) groups excluding carboxylic acids is 2. The molecule has 0 aliphatic carbocycles. The van der Waals surface area contributed by atoms with Crippen molar-refractivity contribution in [2.75, 3.05) is 12.4 Å². The Hall–Kier alpha value is -3.16. The van der Waals surface area contributed by atoms with Gasteiger partial charge in [0.05, 0.1) is 22.9 Å². The molecule has 0 spiro atoms. The van der Waals surface area contributed by atoms with Crippen LogP contribution in [0.4, 0.5) is 5.69 Å². The van der Waals surface area contributed by atoms with Crippen molar-refractivity contribution in [3.8, 4) is 0 Å². The van der Waals surface area contributed by atoms with Gasteiger partial charge < -0.3 is 15.2 Å². The second-order valence-corrected chi connectivity index (χ2v) is 7.25. The number of para-hydroxylation sites is 2. The summed E-state index contributed by atoms with van der Waals surface area (Å²) in [6.45, 7) is 6.24. The number of carbonyl (C=O) groups is 2. The molecule has 0 saturated carbocycles. The number of rotatable bonds is 7. The quantitative estimate of drug-likeness (QED) is 0.656. The first kappa shape index (κ1) is 19.6. The van der Waals surface area contributed by atoms with Crippen molar-refractivity contribution in [1.82, 2.24) is 24.6 Å². The van der Waals surface area contributed by atoms with E-state index < -0.39 is 6.04 Å². The Kier molecular flexibility index (Phi) is 5.77. The van der Waals surface area contributed by atoms with Crippen LogP contribution >= 0.6 is 0 Å². The van der Waals surface area contributed by atoms with Crippen LogP contribution in [0.1, 0.15) is 32.6 Å². The van der Waals surface area contributed by atoms with Crippen molar-refractivity contribution in [1.29, 1.82) is 0 Å². The fraction of sp³-hybridized carbons (Fsp3) is 0.400. The van der Waals surface area contributed by atoms with E-state index in [0.717, 1.165) is 23.3 Å². The molecule has 2 heterocycles. The lowest BCUT2D eigenvalue weighted by Gasteiger charge is -2.18. The van der Waals surface area contributed by atoms with Gasteiger partial charge in [0.15, 0.2) is 0 Å². The third-order valence-corrected chi connectivity index (χ3v) is 4.51. The monoisotopic (exact) mass is 382 g/mol. The lowest BCUT2D eigenvalue weighted by molar-refractivity contribution is -0.121. The maximum Gasteiger partial charge on any atom is 0.247 e. The number of anilines is 1. The van der Waals surface area contributed by atoms with Gasteiger partial charge in [-0.15, -0.1) is 0 Å². The highest BCUT2D eigenvalue weighted by Crippen LogP contribution is 2.24. The molecule has 0 bridgehead atoms. The Morgan fingerprint density at radius 1 is 1.18 bits per heavy atom. The number of hydrogen-bond donors (Lipinski definition) is 2. The molecule has 148 valence electrons. The molecule has 0 aliphatic rings. The Morgan fingerprint density at radius 3 is 2.64 bits per heavy atom. The van der Waals surface area contributed by atoms with Gasteiger partial charge in [0.2, 0.25) is 11.8 Å². The van der Waals surface area contributed by atoms with Gasteiger partial charge in [-0.25, -0.2) is 4.98 Å². The maximum atomic E-state index is 12.9. The van der Waals surface area contributed by atoms with Crippen molar-refractivity contribution in [3.63, 3.8) is 0 Å². The fourth-order valence-corrected chi connectivity index (χ4v) is 3.14. The first-order valence-electron chi connectivity index (χ1n) is 9.38. The van der Waals surface area contributed by atoms with Crippen molar-refractivity contribution in [2.24, 2.45) is 5.92 Å². The maximum absolute atomic E-state index is 12.9. The number of nitrogens with one attached hydrogen (secondary N) is 2. The SMILES string of the molecule is CNC(=O)Cn1cc(NC(=O)C(C)n2c(CC(C)C)nc3ccccc32)cn1. The number of likely N-dealkylation sites (N-methyl/N-ethyl adjacent to an activating group) is 1. The molecule has 2 aromatic heterocycles. The van der Waals surface area contributed by atoms with Gasteiger partial charge in [-0.2, -0.15) is 5.10 Å². The first-order chi connectivity index (χ1) is 13.4. The first-order valence-corrected chi connectivity index (χ1v) is 9.38. The van der Waals surface area contributed by atoms with E-state index in [-0.39, 0.29) is 18.4 Å². The summed E-state index contributed by atoms with van der Waals surface area (Å²) in [6.07, 6.45) is 3.96. The lowest BCUT2D eigenvalue weighted by Crippen LogP contribution is -2.25. The largest absolute Gasteiger partial charge is 0.358 e. The molecule has 0 saturated heterocycles. The van der Waals surface area contributed by atoms with Crippen molar-refractivity contribution in [3.05, 3.63) is 42.5 Å². The van der Waals surface area contributed by atoms with Gasteiger partial charge in [-0.3, -0.25) is 14.3 Å². The highest BCUT2D eigenvalue weighted by molar-refractivity contribution is 5.94. The predicted molar refractivity (Wildman–Crippen MR) is 108 cm³/mol. The van der Waals surface area contributed by atoms with Gasteiger partial charge in [0.1, 0.15) is 18.4 Å². The molecule has 0 aliphatic heterocycles. The topological polar surface area (TPSA) is 93.8 Å². The summed E-state index contributed by atoms with van der Waals surface area (Å²) >= 11 is 0. The summed E-state index contributed by atoms with van der Waals surface area (Å²) in [4.78, 5) is 29.1. The minimum absolute atomic E-state index is 0.104. The fourth-order valence-electron chi connectivity index (χ4n) is 3.14. The standard InChI is InChI=1S/C20H26N6O2/c1-13(2)9-18-24-16-7-5-6-8-17(16)26(18)14(3)20(28)23-15-10-22-25(11-15)12-19(27)21-4/h5-8,10-11,13-14H,9,12H2,1-4H3,(H,21,27)(H,23,28). The van der Waals surface area contributed by atoms with Crippen LogP contribution in [0, 0.1) is 5.92 Å². The van der Waals surface area contributed by atoms with Gasteiger partial charge in [-0.1, -0.05) is 26.0 Å². The van der Waals surface area contributed by atoms with E-state index in [4.69, 9.17) is 4.98 Å². The van der Waals surface area contributed by atoms with Crippen LogP contribution in [-0.2, 0) is 22.6 Å². The van der Waals surface area contributed by atoms with E-state index in [9.17, 15) is 9.59 Å². The zero-order valence-corrected chi connectivity index (χ0v) is 16.6. The molecule has 0 radical (unpaired) electrons. The molecule has 1 aromatic carbocycles. The average Bonchev–Trinajstić information content (AvgIpc) is 3.24. The summed E-state index contributed by atoms with van der Waals surface area (Å²) < 4.78 is 3.48. The van der Waals surface area contributed by atoms with Crippen molar-refractivity contribution in [2.45, 2.75) is 39.8 Å². The Morgan fingerprint density at radius 2 is 1.93 bits per heavy atom. The van der Waals surface area contributed by atoms with E-state index in [1.807, 2.05) is 35.8 Å². The zero-order chi connectivity index (χ0) is 20.3. The lowest BCUT2D eigenvalue weighted by atomic mass is 10.1. The minimum atomic E-state index is -0.441. The molecule has 1 atom stereocenters. The van der Waals surface area contributed by atoms with Crippen molar-refractivity contribution < 1.29 is 9.59 Å². The number of imidazole rings is 1. The van der Waals surface area contributed by atoms with Crippen LogP contribution < -0.4 is 10.6 Å². The number of hydrogen-bond acceptors (Lipinski definition) is 4. The molecule has 1 unspecified atom stereocenters. The van der Waals surface area contributed by atoms with Gasteiger partial charge >= 0.3 is 0 Å². The molecule has 3 aromatic rings. The van der Waals surface area contributed by atoms with Gasteiger partial charge in [0.25, 0.3) is 0 Å². The summed E-state index contributed by atoms with van der Waals surface area (Å²) in [7, 11) is 1.57. The van der Waals surface area contributed by atoms with Crippen LogP contribution in [-0.4, -0.2) is 38.2 Å². The second-order valence-electron chi connectivity index (χ2n) is 7.25. The number of amides is 2. The molecule has 8 nitrogen and oxygen atoms in total. The van der Waals surface area contributed by atoms with Crippen LogP contribution in [0.2, 0.25) is 0 Å². The molecular weight excluding hydrogens is 356 g/mol. The summed E-state index contributed by atoms with van der Waals surface area (Å²) in [5.41, 5.74) is 2.38. The van der Waals surface area contributed by atoms with Crippen LogP contribution in [0.5, 0.6) is 0 Å². The van der Waals surface area contributed by atoms with E-state index in [1.165, 1.54) is 10.9 Å². The van der Waals surface area contributed by atoms with Crippen LogP contribution in [0.25, 0.3) is 11.0 Å². The molecule has 8 heteroatoms. The third-order valence-electron chi connectivity index (χ3n) is 4.51. The number of fused-ring (bicyclic) bond motifs is 1. The minimum Gasteiger partial charge on any atom is -0.358 e. The van der Waals surface area contributed by atoms with E-state index in [0.29, 0.717) is 11.6 Å². The van der Waals surface area contributed by atoms with Crippen LogP contribution in [0.3, 0.4) is 0 Å². The summed E-state index contributed by atoms with van der Waals surface area (Å²) in [6, 6.07) is 7.40. The summed E-state index contributed by atoms with van der Waals surface area (Å²) in [5, 5.41) is 9.53. The van der Waals surface area contributed by atoms with E-state index in [2.05, 4.69) is 29.6 Å². The highest BCUT2D eigenvalue weighted by Gasteiger charge is 2.22. The smallest absolute Gasteiger partial charge is 0.247 e. The number of nitrogens with zero attached hydrogens (tertiary/aromatic N) is 4. The van der Waals surface area contributed by atoms with Gasteiger partial charge in [0, 0.05) is 19.7 Å². The highest BCUT2D eigenvalue weighted by atomic mass is 16.2. The average molecular weight is 382 g/mol. The molecule has 3 rings (SSSR count). The zero-order valence-electron chi connectivity index (χ0n) is 16.6. The second kappa shape index (κ2) is 8.24.